The molecule has 0 unspecified atom stereocenters. The summed E-state index contributed by atoms with van der Waals surface area (Å²) in [6.07, 6.45) is 3.65. The van der Waals surface area contributed by atoms with Crippen molar-refractivity contribution in [3.05, 3.63) is 22.9 Å². The van der Waals surface area contributed by atoms with Gasteiger partial charge in [0.1, 0.15) is 0 Å². The summed E-state index contributed by atoms with van der Waals surface area (Å²) in [5.41, 5.74) is 0.827. The van der Waals surface area contributed by atoms with Gasteiger partial charge in [-0.15, -0.1) is 0 Å². The molecule has 0 radical (unpaired) electrons. The smallest absolute Gasteiger partial charge is 0.167 e. The van der Waals surface area contributed by atoms with E-state index in [4.69, 9.17) is 4.43 Å². The van der Waals surface area contributed by atoms with Gasteiger partial charge >= 0.3 is 0 Å². The van der Waals surface area contributed by atoms with Crippen LogP contribution in [0.3, 0.4) is 0 Å². The van der Waals surface area contributed by atoms with Gasteiger partial charge in [-0.1, -0.05) is 34.6 Å². The highest BCUT2D eigenvalue weighted by molar-refractivity contribution is 9.10. The Hall–Kier alpha value is -0.393. The number of aromatic nitrogens is 1. The molecule has 5 heteroatoms. The van der Waals surface area contributed by atoms with E-state index in [1.54, 1.807) is 6.20 Å². The first-order valence-electron chi connectivity index (χ1n) is 7.52. The first kappa shape index (κ1) is 18.7. The van der Waals surface area contributed by atoms with Crippen LogP contribution in [0.15, 0.2) is 22.9 Å². The minimum absolute atomic E-state index is 0.198. The number of pyridine rings is 1. The van der Waals surface area contributed by atoms with Gasteiger partial charge in [-0.25, -0.2) is 0 Å². The molecule has 0 fully saturated rings. The van der Waals surface area contributed by atoms with Crippen LogP contribution >= 0.6 is 15.9 Å². The van der Waals surface area contributed by atoms with Gasteiger partial charge in [-0.2, -0.15) is 0 Å². The molecule has 0 saturated carbocycles. The third-order valence-electron chi connectivity index (χ3n) is 3.32. The number of nitrogens with one attached hydrogen (secondary N) is 1. The van der Waals surface area contributed by atoms with E-state index in [0.29, 0.717) is 11.0 Å². The normalized spacial score (nSPS) is 14.9. The highest BCUT2D eigenvalue weighted by Crippen LogP contribution is 2.29. The standard InChI is InChI=1S/C16H29BrN2OSi/c1-11(2)14(16(6,7)20-21-15(3,4)5)19-13-8-12(17)9-18-10-13/h8-11,14,19H,21H2,1-7H3/t14-/m1/s1. The van der Waals surface area contributed by atoms with Gasteiger partial charge in [0.05, 0.1) is 23.5 Å². The second-order valence-corrected chi connectivity index (χ2v) is 11.3. The zero-order chi connectivity index (χ0) is 16.3. The first-order chi connectivity index (χ1) is 9.51. The lowest BCUT2D eigenvalue weighted by Crippen LogP contribution is -2.49. The molecule has 1 N–H and O–H groups in total. The molecule has 0 spiro atoms. The molecule has 0 aromatic carbocycles. The van der Waals surface area contributed by atoms with Gasteiger partial charge in [0.2, 0.25) is 0 Å². The fourth-order valence-corrected chi connectivity index (χ4v) is 3.66. The minimum atomic E-state index is -0.591. The Morgan fingerprint density at radius 1 is 1.19 bits per heavy atom. The Bertz CT molecular complexity index is 458. The first-order valence-corrected chi connectivity index (χ1v) is 9.60. The van der Waals surface area contributed by atoms with E-state index in [1.807, 2.05) is 6.20 Å². The van der Waals surface area contributed by atoms with E-state index in [1.165, 1.54) is 0 Å². The second-order valence-electron chi connectivity index (χ2n) is 7.71. The lowest BCUT2D eigenvalue weighted by Gasteiger charge is -2.40. The van der Waals surface area contributed by atoms with Crippen molar-refractivity contribution in [2.45, 2.75) is 65.1 Å². The van der Waals surface area contributed by atoms with Crippen LogP contribution in [0.2, 0.25) is 5.04 Å². The Balaban J connectivity index is 2.85. The quantitative estimate of drug-likeness (QED) is 0.752. The van der Waals surface area contributed by atoms with Crippen molar-refractivity contribution >= 4 is 31.4 Å². The molecule has 3 nitrogen and oxygen atoms in total. The maximum atomic E-state index is 6.36. The van der Waals surface area contributed by atoms with Crippen molar-refractivity contribution in [2.24, 2.45) is 5.92 Å². The summed E-state index contributed by atoms with van der Waals surface area (Å²) in [6.45, 7) is 15.6. The third kappa shape index (κ3) is 6.49. The molecule has 0 amide bonds. The lowest BCUT2D eigenvalue weighted by molar-refractivity contribution is 0.0708. The molecule has 1 rings (SSSR count). The zero-order valence-electron chi connectivity index (χ0n) is 14.3. The van der Waals surface area contributed by atoms with Crippen molar-refractivity contribution in [3.63, 3.8) is 0 Å². The van der Waals surface area contributed by atoms with E-state index in [2.05, 4.69) is 80.8 Å². The monoisotopic (exact) mass is 372 g/mol. The molecule has 0 aliphatic carbocycles. The molecule has 0 aliphatic heterocycles. The summed E-state index contributed by atoms with van der Waals surface area (Å²) in [6, 6.07) is 2.29. The lowest BCUT2D eigenvalue weighted by atomic mass is 9.89. The fourth-order valence-electron chi connectivity index (χ4n) is 2.31. The van der Waals surface area contributed by atoms with Crippen LogP contribution in [0.4, 0.5) is 5.69 Å². The van der Waals surface area contributed by atoms with Gasteiger partial charge < -0.3 is 9.74 Å². The molecule has 21 heavy (non-hydrogen) atoms. The maximum Gasteiger partial charge on any atom is 0.167 e. The molecule has 1 atom stereocenters. The number of anilines is 1. The van der Waals surface area contributed by atoms with E-state index < -0.39 is 9.76 Å². The molecule has 1 aromatic rings. The summed E-state index contributed by atoms with van der Waals surface area (Å²) in [5.74, 6) is 0.466. The number of hydrogen-bond donors (Lipinski definition) is 1. The summed E-state index contributed by atoms with van der Waals surface area (Å²) in [4.78, 5) is 4.22. The van der Waals surface area contributed by atoms with Crippen molar-refractivity contribution < 1.29 is 4.43 Å². The van der Waals surface area contributed by atoms with E-state index in [0.717, 1.165) is 10.2 Å². The van der Waals surface area contributed by atoms with E-state index in [9.17, 15) is 0 Å². The van der Waals surface area contributed by atoms with E-state index >= 15 is 0 Å². The zero-order valence-corrected chi connectivity index (χ0v) is 17.3. The summed E-state index contributed by atoms with van der Waals surface area (Å²) in [5, 5.41) is 3.90. The number of hydrogen-bond acceptors (Lipinski definition) is 3. The number of halogens is 1. The van der Waals surface area contributed by atoms with Gasteiger partial charge in [0, 0.05) is 10.7 Å². The average molecular weight is 373 g/mol. The van der Waals surface area contributed by atoms with Crippen molar-refractivity contribution in [2.75, 3.05) is 5.32 Å². The van der Waals surface area contributed by atoms with Crippen LogP contribution in [-0.2, 0) is 4.43 Å². The largest absolute Gasteiger partial charge is 0.416 e. The maximum absolute atomic E-state index is 6.36. The highest BCUT2D eigenvalue weighted by atomic mass is 79.9. The molecule has 1 aromatic heterocycles. The predicted molar refractivity (Wildman–Crippen MR) is 97.6 cm³/mol. The molecular weight excluding hydrogens is 344 g/mol. The van der Waals surface area contributed by atoms with Gasteiger partial charge in [-0.05, 0) is 46.8 Å². The predicted octanol–water partition coefficient (Wildman–Crippen LogP) is 4.38. The Morgan fingerprint density at radius 3 is 2.29 bits per heavy atom. The van der Waals surface area contributed by atoms with Crippen LogP contribution < -0.4 is 5.32 Å². The van der Waals surface area contributed by atoms with Crippen molar-refractivity contribution in [3.8, 4) is 0 Å². The highest BCUT2D eigenvalue weighted by Gasteiger charge is 2.33. The summed E-state index contributed by atoms with van der Waals surface area (Å²) < 4.78 is 7.35. The molecule has 120 valence electrons. The van der Waals surface area contributed by atoms with Gasteiger partial charge in [0.15, 0.2) is 9.76 Å². The van der Waals surface area contributed by atoms with Gasteiger partial charge in [-0.3, -0.25) is 4.98 Å². The topological polar surface area (TPSA) is 34.2 Å². The van der Waals surface area contributed by atoms with Crippen LogP contribution in [0.25, 0.3) is 0 Å². The SMILES string of the molecule is CC(C)[C@@H](Nc1cncc(Br)c1)C(C)(C)O[SiH2]C(C)(C)C. The molecule has 1 heterocycles. The van der Waals surface area contributed by atoms with E-state index in [-0.39, 0.29) is 11.6 Å². The molecule has 0 aliphatic rings. The van der Waals surface area contributed by atoms with Crippen molar-refractivity contribution in [1.29, 1.82) is 0 Å². The Kier molecular flexibility index (Phi) is 6.44. The summed E-state index contributed by atoms with van der Waals surface area (Å²) >= 11 is 3.47. The second kappa shape index (κ2) is 7.25. The van der Waals surface area contributed by atoms with Crippen LogP contribution in [0, 0.1) is 5.92 Å². The van der Waals surface area contributed by atoms with Crippen LogP contribution in [-0.4, -0.2) is 26.4 Å². The average Bonchev–Trinajstić information content (AvgIpc) is 2.32. The molecule has 0 saturated heterocycles. The van der Waals surface area contributed by atoms with Crippen LogP contribution in [0.1, 0.15) is 48.5 Å². The van der Waals surface area contributed by atoms with Crippen LogP contribution in [0.5, 0.6) is 0 Å². The fraction of sp³-hybridized carbons (Fsp3) is 0.688. The molecule has 0 bridgehead atoms. The van der Waals surface area contributed by atoms with Gasteiger partial charge in [0.25, 0.3) is 0 Å². The summed E-state index contributed by atoms with van der Waals surface area (Å²) in [7, 11) is -0.591. The number of rotatable bonds is 6. The molecular formula is C16H29BrN2OSi. The Morgan fingerprint density at radius 2 is 1.81 bits per heavy atom. The third-order valence-corrected chi connectivity index (χ3v) is 5.51. The van der Waals surface area contributed by atoms with Crippen molar-refractivity contribution in [1.82, 2.24) is 4.98 Å². The Labute approximate surface area is 140 Å². The number of nitrogens with zero attached hydrogens (tertiary/aromatic N) is 1. The minimum Gasteiger partial charge on any atom is -0.416 e.